The van der Waals surface area contributed by atoms with Gasteiger partial charge in [0, 0.05) is 0 Å². The van der Waals surface area contributed by atoms with Crippen molar-refractivity contribution in [1.29, 1.82) is 0 Å². The highest BCUT2D eigenvalue weighted by Gasteiger charge is 2.36. The molecule has 2 heteroatoms. The lowest BCUT2D eigenvalue weighted by Crippen LogP contribution is -1.97. The first-order chi connectivity index (χ1) is 6.38. The summed E-state index contributed by atoms with van der Waals surface area (Å²) in [6.07, 6.45) is 12.1. The Morgan fingerprint density at radius 3 is 2.69 bits per heavy atom. The highest BCUT2D eigenvalue weighted by molar-refractivity contribution is 5.02. The van der Waals surface area contributed by atoms with E-state index in [1.165, 1.54) is 0 Å². The molecule has 0 radical (unpaired) electrons. The van der Waals surface area contributed by atoms with Crippen molar-refractivity contribution in [2.45, 2.75) is 25.0 Å². The van der Waals surface area contributed by atoms with Gasteiger partial charge in [-0.15, -0.1) is 0 Å². The summed E-state index contributed by atoms with van der Waals surface area (Å²) in [6.45, 7) is 3.73. The lowest BCUT2D eigenvalue weighted by molar-refractivity contribution is 0.242. The molecular weight excluding hydrogens is 164 g/mol. The van der Waals surface area contributed by atoms with E-state index in [9.17, 15) is 0 Å². The van der Waals surface area contributed by atoms with Crippen LogP contribution >= 0.6 is 0 Å². The van der Waals surface area contributed by atoms with Crippen molar-refractivity contribution in [2.24, 2.45) is 0 Å². The van der Waals surface area contributed by atoms with Crippen LogP contribution in [0.5, 0.6) is 0 Å². The van der Waals surface area contributed by atoms with Crippen molar-refractivity contribution in [2.75, 3.05) is 6.61 Å². The number of allylic oxidation sites excluding steroid dienone is 4. The van der Waals surface area contributed by atoms with E-state index in [2.05, 4.69) is 18.7 Å². The number of aliphatic hydroxyl groups is 1. The van der Waals surface area contributed by atoms with Gasteiger partial charge in [0.05, 0.1) is 12.7 Å². The second-order valence-electron chi connectivity index (χ2n) is 3.00. The molecule has 1 rings (SSSR count). The van der Waals surface area contributed by atoms with Crippen molar-refractivity contribution in [1.82, 2.24) is 0 Å². The van der Waals surface area contributed by atoms with Crippen molar-refractivity contribution >= 4 is 0 Å². The summed E-state index contributed by atoms with van der Waals surface area (Å²) in [5.74, 6) is 0. The lowest BCUT2D eigenvalue weighted by atomic mass is 10.2. The largest absolute Gasteiger partial charge is 0.394 e. The van der Waals surface area contributed by atoms with Crippen LogP contribution in [0.4, 0.5) is 0 Å². The maximum absolute atomic E-state index is 8.68. The molecule has 72 valence electrons. The summed E-state index contributed by atoms with van der Waals surface area (Å²) in [4.78, 5) is 0. The van der Waals surface area contributed by atoms with E-state index in [0.717, 1.165) is 12.8 Å². The van der Waals surface area contributed by atoms with Crippen molar-refractivity contribution in [3.8, 4) is 0 Å². The van der Waals surface area contributed by atoms with Gasteiger partial charge in [0.15, 0.2) is 0 Å². The van der Waals surface area contributed by atoms with Gasteiger partial charge >= 0.3 is 0 Å². The second kappa shape index (κ2) is 5.73. The Balaban J connectivity index is 1.99. The van der Waals surface area contributed by atoms with Gasteiger partial charge in [-0.1, -0.05) is 37.0 Å². The van der Waals surface area contributed by atoms with Crippen LogP contribution in [0.2, 0.25) is 0 Å². The molecule has 1 aliphatic rings. The van der Waals surface area contributed by atoms with Crippen LogP contribution in [-0.2, 0) is 4.74 Å². The van der Waals surface area contributed by atoms with E-state index in [4.69, 9.17) is 9.84 Å². The van der Waals surface area contributed by atoms with E-state index in [1.54, 1.807) is 6.08 Å². The quantitative estimate of drug-likeness (QED) is 0.384. The first-order valence-electron chi connectivity index (χ1n) is 4.57. The molecule has 1 saturated heterocycles. The molecule has 2 atom stereocenters. The topological polar surface area (TPSA) is 32.8 Å². The second-order valence-corrected chi connectivity index (χ2v) is 3.00. The lowest BCUT2D eigenvalue weighted by Gasteiger charge is -1.84. The zero-order chi connectivity index (χ0) is 9.52. The number of rotatable bonds is 6. The van der Waals surface area contributed by atoms with Crippen molar-refractivity contribution in [3.63, 3.8) is 0 Å². The highest BCUT2D eigenvalue weighted by Crippen LogP contribution is 2.24. The highest BCUT2D eigenvalue weighted by atomic mass is 16.6. The zero-order valence-corrected chi connectivity index (χ0v) is 7.73. The molecule has 0 aromatic heterocycles. The summed E-state index contributed by atoms with van der Waals surface area (Å²) in [7, 11) is 0. The molecule has 2 nitrogen and oxygen atoms in total. The number of aliphatic hydroxyl groups excluding tert-OH is 1. The predicted octanol–water partition coefficient (Wildman–Crippen LogP) is 1.82. The van der Waals surface area contributed by atoms with Gasteiger partial charge in [-0.2, -0.15) is 0 Å². The average molecular weight is 180 g/mol. The fraction of sp³-hybridized carbons (Fsp3) is 0.455. The minimum Gasteiger partial charge on any atom is -0.394 e. The normalized spacial score (nSPS) is 27.2. The van der Waals surface area contributed by atoms with Gasteiger partial charge < -0.3 is 9.84 Å². The van der Waals surface area contributed by atoms with Gasteiger partial charge in [-0.05, 0) is 12.8 Å². The van der Waals surface area contributed by atoms with Crippen LogP contribution in [0.15, 0.2) is 37.0 Å². The van der Waals surface area contributed by atoms with E-state index >= 15 is 0 Å². The number of ether oxygens (including phenoxy) is 1. The molecule has 0 amide bonds. The third-order valence-electron chi connectivity index (χ3n) is 1.95. The van der Waals surface area contributed by atoms with Crippen LogP contribution in [0.3, 0.4) is 0 Å². The Kier molecular flexibility index (Phi) is 4.50. The molecule has 1 aliphatic heterocycles. The van der Waals surface area contributed by atoms with E-state index < -0.39 is 0 Å². The number of hydrogen-bond donors (Lipinski definition) is 1. The molecule has 0 unspecified atom stereocenters. The fourth-order valence-corrected chi connectivity index (χ4v) is 1.13. The Morgan fingerprint density at radius 1 is 1.23 bits per heavy atom. The summed E-state index contributed by atoms with van der Waals surface area (Å²) in [6, 6.07) is 0. The van der Waals surface area contributed by atoms with Gasteiger partial charge in [0.1, 0.15) is 6.10 Å². The minimum atomic E-state index is 0.0911. The van der Waals surface area contributed by atoms with Crippen LogP contribution in [0.1, 0.15) is 12.8 Å². The summed E-state index contributed by atoms with van der Waals surface area (Å²) < 4.78 is 5.16. The molecule has 0 aromatic carbocycles. The van der Waals surface area contributed by atoms with Crippen LogP contribution < -0.4 is 0 Å². The van der Waals surface area contributed by atoms with Crippen LogP contribution in [-0.4, -0.2) is 23.9 Å². The van der Waals surface area contributed by atoms with Crippen LogP contribution in [0.25, 0.3) is 0 Å². The predicted molar refractivity (Wildman–Crippen MR) is 53.5 cm³/mol. The molecule has 0 saturated carbocycles. The Labute approximate surface area is 79.2 Å². The summed E-state index contributed by atoms with van der Waals surface area (Å²) in [5.41, 5.74) is 0. The molecule has 1 heterocycles. The van der Waals surface area contributed by atoms with Gasteiger partial charge in [0.25, 0.3) is 0 Å². The monoisotopic (exact) mass is 180 g/mol. The molecule has 0 bridgehead atoms. The molecule has 1 N–H and O–H groups in total. The van der Waals surface area contributed by atoms with Crippen molar-refractivity contribution in [3.05, 3.63) is 37.0 Å². The molecule has 0 spiro atoms. The average Bonchev–Trinajstić information content (AvgIpc) is 2.90. The number of hydrogen-bond acceptors (Lipinski definition) is 2. The Hall–Kier alpha value is -0.860. The smallest absolute Gasteiger partial charge is 0.107 e. The molecule has 13 heavy (non-hydrogen) atoms. The Morgan fingerprint density at radius 2 is 2.08 bits per heavy atom. The van der Waals surface area contributed by atoms with Crippen LogP contribution in [0, 0.1) is 0 Å². The zero-order valence-electron chi connectivity index (χ0n) is 7.73. The number of epoxide rings is 1. The van der Waals surface area contributed by atoms with Gasteiger partial charge in [-0.3, -0.25) is 0 Å². The molecule has 0 aromatic rings. The SMILES string of the molecule is C=CC=CCC=CC[C@@H]1O[C@@H]1CO. The molecular formula is C11H16O2. The van der Waals surface area contributed by atoms with E-state index in [-0.39, 0.29) is 18.8 Å². The van der Waals surface area contributed by atoms with E-state index in [1.807, 2.05) is 12.2 Å². The van der Waals surface area contributed by atoms with E-state index in [0.29, 0.717) is 0 Å². The standard InChI is InChI=1S/C11H16O2/c1-2-3-4-5-6-7-8-10-11(9-12)13-10/h2-4,6-7,10-12H,1,5,8-9H2/t10-,11+/m0/s1. The molecule has 0 aliphatic carbocycles. The maximum Gasteiger partial charge on any atom is 0.107 e. The minimum absolute atomic E-state index is 0.0911. The van der Waals surface area contributed by atoms with Crippen molar-refractivity contribution < 1.29 is 9.84 Å². The summed E-state index contributed by atoms with van der Waals surface area (Å²) in [5, 5.41) is 8.68. The first-order valence-corrected chi connectivity index (χ1v) is 4.57. The fourth-order valence-electron chi connectivity index (χ4n) is 1.13. The third-order valence-corrected chi connectivity index (χ3v) is 1.95. The summed E-state index contributed by atoms with van der Waals surface area (Å²) >= 11 is 0. The molecule has 1 fully saturated rings. The first kappa shape index (κ1) is 10.2. The maximum atomic E-state index is 8.68. The van der Waals surface area contributed by atoms with Gasteiger partial charge in [0.2, 0.25) is 0 Å². The third kappa shape index (κ3) is 4.06. The van der Waals surface area contributed by atoms with Gasteiger partial charge in [-0.25, -0.2) is 0 Å². The Bertz CT molecular complexity index is 206.